The zero-order valence-electron chi connectivity index (χ0n) is 37.8. The number of nitrogens with one attached hydrogen (secondary N) is 2. The number of ether oxygens (including phenoxy) is 4. The summed E-state index contributed by atoms with van der Waals surface area (Å²) in [5, 5.41) is 52.5. The van der Waals surface area contributed by atoms with Gasteiger partial charge in [-0.2, -0.15) is 30.5 Å². The van der Waals surface area contributed by atoms with Gasteiger partial charge in [-0.05, 0) is 75.8 Å². The first-order chi connectivity index (χ1) is 33.9. The first kappa shape index (κ1) is 55.6. The van der Waals surface area contributed by atoms with E-state index in [1.165, 1.54) is 36.8 Å². The Morgan fingerprint density at radius 1 is 0.861 bits per heavy atom. The fourth-order valence-electron chi connectivity index (χ4n) is 7.37. The Kier molecular flexibility index (Phi) is 18.1. The molecule has 1 saturated heterocycles. The molecule has 1 aliphatic rings. The first-order valence-corrected chi connectivity index (χ1v) is 26.6. The van der Waals surface area contributed by atoms with Crippen LogP contribution in [0.25, 0.3) is 11.1 Å². The Balaban J connectivity index is 1.20. The van der Waals surface area contributed by atoms with Gasteiger partial charge in [-0.1, -0.05) is 35.5 Å². The van der Waals surface area contributed by atoms with Gasteiger partial charge < -0.3 is 44.9 Å². The van der Waals surface area contributed by atoms with Gasteiger partial charge >= 0.3 is 0 Å². The average Bonchev–Trinajstić information content (AvgIpc) is 3.79. The summed E-state index contributed by atoms with van der Waals surface area (Å²) < 4.78 is 134. The number of nitrogens with zero attached hydrogens (tertiary/aromatic N) is 5. The molecule has 0 bridgehead atoms. The topological polar surface area (TPSA) is 369 Å². The number of carbonyl (C=O) groups is 1. The van der Waals surface area contributed by atoms with E-state index in [0.717, 1.165) is 32.5 Å². The Labute approximate surface area is 420 Å². The normalized spacial score (nSPS) is 18.8. The molecular formula is C43H47BrFN7O17S3. The Bertz CT molecular complexity index is 3130. The molecule has 0 saturated carbocycles. The molecule has 29 heteroatoms. The van der Waals surface area contributed by atoms with Gasteiger partial charge in [0.25, 0.3) is 30.4 Å². The van der Waals surface area contributed by atoms with Crippen LogP contribution >= 0.6 is 15.9 Å². The van der Waals surface area contributed by atoms with Crippen molar-refractivity contribution in [2.45, 2.75) is 81.5 Å². The molecule has 2 aromatic heterocycles. The summed E-state index contributed by atoms with van der Waals surface area (Å²) in [6.07, 6.45) is -3.43. The number of rotatable bonds is 22. The van der Waals surface area contributed by atoms with E-state index < -0.39 is 96.5 Å². The number of pyridine rings is 1. The summed E-state index contributed by atoms with van der Waals surface area (Å²) in [6.45, 7) is 0.663. The second-order valence-corrected chi connectivity index (χ2v) is 22.1. The molecular weight excluding hydrogens is 1080 g/mol. The van der Waals surface area contributed by atoms with Crippen molar-refractivity contribution in [1.29, 1.82) is 5.26 Å². The van der Waals surface area contributed by atoms with E-state index in [1.807, 2.05) is 49.5 Å². The quantitative estimate of drug-likeness (QED) is 0.0458. The summed E-state index contributed by atoms with van der Waals surface area (Å²) in [7, 11) is -15.9. The number of hydrogen-bond donors (Lipinski definition) is 8. The highest BCUT2D eigenvalue weighted by molar-refractivity contribution is 9.10. The maximum atomic E-state index is 13.4. The smallest absolute Gasteiger partial charge is 0.286 e. The lowest BCUT2D eigenvalue weighted by atomic mass is 9.93. The summed E-state index contributed by atoms with van der Waals surface area (Å²) in [6, 6.07) is 15.7. The monoisotopic (exact) mass is 1130 g/mol. The summed E-state index contributed by atoms with van der Waals surface area (Å²) in [5.41, 5.74) is 5.31. The van der Waals surface area contributed by atoms with Crippen LogP contribution in [0.4, 0.5) is 4.39 Å². The highest BCUT2D eigenvalue weighted by Crippen LogP contribution is 2.37. The van der Waals surface area contributed by atoms with E-state index in [-0.39, 0.29) is 49.0 Å². The molecule has 6 atom stereocenters. The van der Waals surface area contributed by atoms with Crippen molar-refractivity contribution in [2.75, 3.05) is 19.0 Å². The van der Waals surface area contributed by atoms with Crippen molar-refractivity contribution >= 4 is 52.2 Å². The molecule has 8 N–H and O–H groups in total. The largest absolute Gasteiger partial charge is 0.488 e. The first-order valence-electron chi connectivity index (χ1n) is 21.2. The van der Waals surface area contributed by atoms with E-state index in [0.29, 0.717) is 21.5 Å². The van der Waals surface area contributed by atoms with Crippen molar-refractivity contribution in [3.8, 4) is 34.4 Å². The molecule has 1 amide bonds. The van der Waals surface area contributed by atoms with Gasteiger partial charge in [-0.3, -0.25) is 23.4 Å². The van der Waals surface area contributed by atoms with Crippen molar-refractivity contribution in [2.24, 2.45) is 0 Å². The lowest BCUT2D eigenvalue weighted by molar-refractivity contribution is -0.250. The highest BCUT2D eigenvalue weighted by Gasteiger charge is 2.45. The Morgan fingerprint density at radius 3 is 2.19 bits per heavy atom. The standard InChI is InChI=1S/C43H47BrFN7O17S3/c1-23-27(5-3-6-30(23)31-7-4-8-34(24(31)2)68-21-29-18-52(51-50-29)43-41(55)40(54)39(53)37(12-45)69-43)20-67-36-11-35(66-19-26-9-25(13-46)14-47-15-26)28(10-32(36)44)16-48-33(22-70(57,58)59)42(56)49-17-38(71(60,61)62)72(63,64)65/h3-11,14-15,18,33,37-41,43,48,53-55H,12,16-17,19-22H2,1-2H3,(H,49,56)(H,57,58,59)(H,60,61,62)(H,63,64,65)/t33-,37-,39-,40+,41-,43-/m1/s1. The van der Waals surface area contributed by atoms with Gasteiger partial charge in [-0.15, -0.1) is 5.10 Å². The third kappa shape index (κ3) is 14.1. The van der Waals surface area contributed by atoms with Crippen LogP contribution < -0.4 is 24.8 Å². The van der Waals surface area contributed by atoms with Gasteiger partial charge in [-0.25, -0.2) is 9.07 Å². The van der Waals surface area contributed by atoms with Gasteiger partial charge in [0.2, 0.25) is 10.5 Å². The van der Waals surface area contributed by atoms with Crippen molar-refractivity contribution in [3.63, 3.8) is 0 Å². The third-order valence-electron chi connectivity index (χ3n) is 11.2. The Morgan fingerprint density at radius 2 is 1.53 bits per heavy atom. The molecule has 0 aliphatic carbocycles. The van der Waals surface area contributed by atoms with Crippen LogP contribution in [0.2, 0.25) is 0 Å². The fourth-order valence-corrected chi connectivity index (χ4v) is 10.4. The molecule has 1 fully saturated rings. The lowest BCUT2D eigenvalue weighted by Gasteiger charge is -2.39. The fraction of sp³-hybridized carbons (Fsp3) is 0.372. The molecule has 6 rings (SSSR count). The van der Waals surface area contributed by atoms with Crippen LogP contribution in [0.15, 0.2) is 77.7 Å². The maximum absolute atomic E-state index is 13.4. The van der Waals surface area contributed by atoms with Crippen molar-refractivity contribution in [3.05, 3.63) is 117 Å². The molecule has 0 radical (unpaired) electrons. The molecule has 0 unspecified atom stereocenters. The van der Waals surface area contributed by atoms with E-state index in [2.05, 4.69) is 36.5 Å². The number of halogens is 2. The number of aromatic nitrogens is 4. The molecule has 1 aliphatic heterocycles. The number of benzene rings is 3. The van der Waals surface area contributed by atoms with Gasteiger partial charge in [0.05, 0.1) is 28.5 Å². The minimum Gasteiger partial charge on any atom is -0.488 e. The van der Waals surface area contributed by atoms with Crippen LogP contribution in [0.3, 0.4) is 0 Å². The van der Waals surface area contributed by atoms with E-state index >= 15 is 0 Å². The number of nitriles is 1. The molecule has 72 heavy (non-hydrogen) atoms. The van der Waals surface area contributed by atoms with Crippen molar-refractivity contribution in [1.82, 2.24) is 30.6 Å². The summed E-state index contributed by atoms with van der Waals surface area (Å²) in [5.74, 6) is -1.77. The van der Waals surface area contributed by atoms with Crippen LogP contribution in [-0.2, 0) is 66.3 Å². The van der Waals surface area contributed by atoms with Crippen LogP contribution in [0.5, 0.6) is 17.2 Å². The van der Waals surface area contributed by atoms with Gasteiger partial charge in [0.1, 0.15) is 86.0 Å². The minimum atomic E-state index is -5.47. The zero-order chi connectivity index (χ0) is 52.7. The third-order valence-corrected chi connectivity index (χ3v) is 15.7. The number of hydrogen-bond acceptors (Lipinski definition) is 19. The minimum absolute atomic E-state index is 0.0144. The SMILES string of the molecule is Cc1c(COc2cc(OCc3cncc(C#N)c3)c(CN[C@H](CS(=O)(=O)O)C(=O)NCC(S(=O)(=O)O)S(=O)(=O)O)cc2Br)cccc1-c1cccc(OCc2cn([C@@H]3O[C@H](CF)[C@@H](O)[C@H](O)[C@H]3O)nn2)c1C. The van der Waals surface area contributed by atoms with E-state index in [9.17, 15) is 68.7 Å². The summed E-state index contributed by atoms with van der Waals surface area (Å²) >= 11 is 3.48. The molecule has 3 aromatic carbocycles. The molecule has 0 spiro atoms. The maximum Gasteiger partial charge on any atom is 0.286 e. The van der Waals surface area contributed by atoms with E-state index in [4.69, 9.17) is 18.9 Å². The Hall–Kier alpha value is -5.75. The second kappa shape index (κ2) is 23.4. The van der Waals surface area contributed by atoms with Crippen LogP contribution in [0.1, 0.15) is 45.3 Å². The summed E-state index contributed by atoms with van der Waals surface area (Å²) in [4.78, 5) is 17.1. The predicted octanol–water partition coefficient (Wildman–Crippen LogP) is 1.84. The van der Waals surface area contributed by atoms with Crippen molar-refractivity contribution < 1.29 is 82.4 Å². The van der Waals surface area contributed by atoms with Crippen LogP contribution in [0, 0.1) is 25.2 Å². The predicted molar refractivity (Wildman–Crippen MR) is 252 cm³/mol. The van der Waals surface area contributed by atoms with E-state index in [1.54, 1.807) is 12.1 Å². The number of alkyl halides is 1. The van der Waals surface area contributed by atoms with Gasteiger partial charge in [0.15, 0.2) is 6.23 Å². The molecule has 24 nitrogen and oxygen atoms in total. The van der Waals surface area contributed by atoms with Gasteiger partial charge in [0, 0.05) is 36.1 Å². The molecule has 5 aromatic rings. The molecule has 3 heterocycles. The molecule has 388 valence electrons. The van der Waals surface area contributed by atoms with Crippen LogP contribution in [-0.4, -0.2) is 134 Å². The number of aliphatic hydroxyl groups is 3. The number of carbonyl (C=O) groups excluding carboxylic acids is 1. The lowest BCUT2D eigenvalue weighted by Crippen LogP contribution is -2.56. The average molecular weight is 1130 g/mol. The highest BCUT2D eigenvalue weighted by atomic mass is 79.9. The number of amides is 1. The zero-order valence-corrected chi connectivity index (χ0v) is 41.8. The second-order valence-electron chi connectivity index (χ2n) is 16.2. The number of aliphatic hydroxyl groups excluding tert-OH is 3.